The van der Waals surface area contributed by atoms with Crippen molar-refractivity contribution in [2.24, 2.45) is 10.2 Å². The van der Waals surface area contributed by atoms with Crippen LogP contribution in [0, 0.1) is 10.1 Å². The van der Waals surface area contributed by atoms with Gasteiger partial charge in [0.15, 0.2) is 11.4 Å². The molecule has 32 heavy (non-hydrogen) atoms. The molecule has 1 saturated heterocycles. The summed E-state index contributed by atoms with van der Waals surface area (Å²) in [4.78, 5) is 10.7. The minimum absolute atomic E-state index is 0.105. The summed E-state index contributed by atoms with van der Waals surface area (Å²) in [6.07, 6.45) is 0. The largest absolute Gasteiger partial charge is 0.493 e. The van der Waals surface area contributed by atoms with Crippen molar-refractivity contribution in [3.05, 3.63) is 52.6 Å². The molecule has 1 aliphatic heterocycles. The van der Waals surface area contributed by atoms with E-state index in [1.165, 1.54) is 16.4 Å². The van der Waals surface area contributed by atoms with E-state index >= 15 is 0 Å². The second kappa shape index (κ2) is 8.65. The number of hydrogen-bond donors (Lipinski definition) is 1. The Bertz CT molecular complexity index is 1310. The highest BCUT2D eigenvalue weighted by Gasteiger charge is 2.29. The highest BCUT2D eigenvalue weighted by Crippen LogP contribution is 2.40. The smallest absolute Gasteiger partial charge is 0.298 e. The Morgan fingerprint density at radius 2 is 1.88 bits per heavy atom. The Morgan fingerprint density at radius 1 is 1.16 bits per heavy atom. The molecule has 1 aliphatic rings. The maximum atomic E-state index is 12.8. The van der Waals surface area contributed by atoms with E-state index in [0.717, 1.165) is 11.6 Å². The molecule has 1 aromatic heterocycles. The molecule has 0 unspecified atom stereocenters. The highest BCUT2D eigenvalue weighted by molar-refractivity contribution is 7.89. The molecule has 3 aromatic rings. The molecular formula is C20H21N5O6S. The number of benzene rings is 2. The molecule has 4 rings (SSSR count). The Morgan fingerprint density at radius 3 is 2.56 bits per heavy atom. The highest BCUT2D eigenvalue weighted by atomic mass is 32.2. The topological polar surface area (TPSA) is 140 Å². The second-order valence-corrected chi connectivity index (χ2v) is 9.00. The molecule has 2 heterocycles. The van der Waals surface area contributed by atoms with Gasteiger partial charge in [-0.3, -0.25) is 10.1 Å². The van der Waals surface area contributed by atoms with Crippen molar-refractivity contribution in [2.45, 2.75) is 18.4 Å². The lowest BCUT2D eigenvalue weighted by Crippen LogP contribution is -2.40. The van der Waals surface area contributed by atoms with Crippen LogP contribution in [0.3, 0.4) is 0 Å². The summed E-state index contributed by atoms with van der Waals surface area (Å²) >= 11 is 0. The predicted octanol–water partition coefficient (Wildman–Crippen LogP) is 3.71. The molecule has 1 fully saturated rings. The Labute approximate surface area is 183 Å². The van der Waals surface area contributed by atoms with Crippen molar-refractivity contribution in [1.29, 1.82) is 0 Å². The van der Waals surface area contributed by atoms with Crippen molar-refractivity contribution in [1.82, 2.24) is 8.87 Å². The van der Waals surface area contributed by atoms with E-state index < -0.39 is 20.6 Å². The van der Waals surface area contributed by atoms with Crippen LogP contribution in [0.15, 0.2) is 57.6 Å². The third kappa shape index (κ3) is 3.83. The van der Waals surface area contributed by atoms with Crippen LogP contribution >= 0.6 is 0 Å². The van der Waals surface area contributed by atoms with Gasteiger partial charge in [0.05, 0.1) is 28.5 Å². The number of morpholine rings is 1. The summed E-state index contributed by atoms with van der Waals surface area (Å²) in [5, 5.41) is 30.9. The van der Waals surface area contributed by atoms with E-state index in [2.05, 4.69) is 10.2 Å². The number of aromatic hydroxyl groups is 1. The van der Waals surface area contributed by atoms with E-state index in [0.29, 0.717) is 11.9 Å². The molecule has 0 spiro atoms. The molecule has 12 heteroatoms. The SMILES string of the molecule is CCn1c(O)c(N=Nc2ccc(S(=O)(=O)N3CCOCC3)cc2[N+](=O)[O-])c2ccccc21. The maximum Gasteiger partial charge on any atom is 0.298 e. The standard InChI is InChI=1S/C20H21N5O6S/c1-2-24-17-6-4-3-5-15(17)19(20(24)26)22-21-16-8-7-14(13-18(16)25(27)28)32(29,30)23-9-11-31-12-10-23/h3-8,13,26H,2,9-12H2,1H3. The minimum atomic E-state index is -3.90. The summed E-state index contributed by atoms with van der Waals surface area (Å²) < 4.78 is 33.7. The maximum absolute atomic E-state index is 12.8. The van der Waals surface area contributed by atoms with Gasteiger partial charge in [-0.15, -0.1) is 10.2 Å². The number of rotatable bonds is 6. The first kappa shape index (κ1) is 21.9. The molecule has 2 aromatic carbocycles. The second-order valence-electron chi connectivity index (χ2n) is 7.06. The molecule has 11 nitrogen and oxygen atoms in total. The van der Waals surface area contributed by atoms with Gasteiger partial charge in [-0.25, -0.2) is 8.42 Å². The van der Waals surface area contributed by atoms with Gasteiger partial charge in [-0.2, -0.15) is 4.31 Å². The fraction of sp³-hybridized carbons (Fsp3) is 0.300. The monoisotopic (exact) mass is 459 g/mol. The van der Waals surface area contributed by atoms with Gasteiger partial charge in [0.2, 0.25) is 15.9 Å². The van der Waals surface area contributed by atoms with Crippen LogP contribution in [-0.4, -0.2) is 53.6 Å². The molecule has 0 saturated carbocycles. The number of sulfonamides is 1. The first-order valence-corrected chi connectivity index (χ1v) is 11.4. The number of fused-ring (bicyclic) bond motifs is 1. The van der Waals surface area contributed by atoms with Crippen molar-refractivity contribution in [3.63, 3.8) is 0 Å². The van der Waals surface area contributed by atoms with Crippen LogP contribution in [0.2, 0.25) is 0 Å². The minimum Gasteiger partial charge on any atom is -0.493 e. The van der Waals surface area contributed by atoms with Crippen molar-refractivity contribution in [3.8, 4) is 5.88 Å². The quantitative estimate of drug-likeness (QED) is 0.339. The number of azo groups is 1. The van der Waals surface area contributed by atoms with Crippen LogP contribution in [-0.2, 0) is 21.3 Å². The van der Waals surface area contributed by atoms with E-state index in [1.54, 1.807) is 16.7 Å². The molecule has 0 amide bonds. The average molecular weight is 459 g/mol. The zero-order valence-corrected chi connectivity index (χ0v) is 18.0. The van der Waals surface area contributed by atoms with Crippen LogP contribution < -0.4 is 0 Å². The molecular weight excluding hydrogens is 438 g/mol. The summed E-state index contributed by atoms with van der Waals surface area (Å²) in [6.45, 7) is 3.25. The number of para-hydroxylation sites is 1. The van der Waals surface area contributed by atoms with E-state index in [9.17, 15) is 23.6 Å². The fourth-order valence-electron chi connectivity index (χ4n) is 3.62. The summed E-state index contributed by atoms with van der Waals surface area (Å²) in [5.74, 6) is -0.105. The van der Waals surface area contributed by atoms with Crippen LogP contribution in [0.1, 0.15) is 6.92 Å². The third-order valence-electron chi connectivity index (χ3n) is 5.24. The van der Waals surface area contributed by atoms with Gasteiger partial charge in [-0.1, -0.05) is 18.2 Å². The van der Waals surface area contributed by atoms with Gasteiger partial charge in [0.1, 0.15) is 0 Å². The van der Waals surface area contributed by atoms with Crippen molar-refractivity contribution in [2.75, 3.05) is 26.3 Å². The lowest BCUT2D eigenvalue weighted by atomic mass is 10.2. The number of nitrogens with zero attached hydrogens (tertiary/aromatic N) is 5. The van der Waals surface area contributed by atoms with Crippen molar-refractivity contribution < 1.29 is 23.2 Å². The number of aryl methyl sites for hydroxylation is 1. The zero-order valence-electron chi connectivity index (χ0n) is 17.2. The summed E-state index contributed by atoms with van der Waals surface area (Å²) in [5.41, 5.74) is 0.315. The van der Waals surface area contributed by atoms with E-state index in [1.807, 2.05) is 19.1 Å². The van der Waals surface area contributed by atoms with E-state index in [4.69, 9.17) is 4.74 Å². The van der Waals surface area contributed by atoms with Crippen LogP contribution in [0.25, 0.3) is 10.9 Å². The van der Waals surface area contributed by atoms with Gasteiger partial charge in [0.25, 0.3) is 5.69 Å². The van der Waals surface area contributed by atoms with Crippen molar-refractivity contribution >= 4 is 38.0 Å². The fourth-order valence-corrected chi connectivity index (χ4v) is 5.05. The summed E-state index contributed by atoms with van der Waals surface area (Å²) in [6, 6.07) is 10.7. The van der Waals surface area contributed by atoms with Crippen LogP contribution in [0.4, 0.5) is 17.1 Å². The first-order chi connectivity index (χ1) is 15.3. The molecule has 168 valence electrons. The van der Waals surface area contributed by atoms with Gasteiger partial charge in [-0.05, 0) is 25.1 Å². The Hall–Kier alpha value is -3.35. The Balaban J connectivity index is 1.74. The predicted molar refractivity (Wildman–Crippen MR) is 116 cm³/mol. The first-order valence-electron chi connectivity index (χ1n) is 9.93. The van der Waals surface area contributed by atoms with Crippen LogP contribution in [0.5, 0.6) is 5.88 Å². The average Bonchev–Trinajstić information content (AvgIpc) is 3.08. The normalized spacial score (nSPS) is 15.5. The Kier molecular flexibility index (Phi) is 5.91. The van der Waals surface area contributed by atoms with Gasteiger partial charge < -0.3 is 14.4 Å². The molecule has 0 bridgehead atoms. The number of nitro groups is 1. The lowest BCUT2D eigenvalue weighted by Gasteiger charge is -2.25. The molecule has 0 radical (unpaired) electrons. The number of nitro benzene ring substituents is 1. The van der Waals surface area contributed by atoms with E-state index in [-0.39, 0.29) is 48.5 Å². The number of hydrogen-bond acceptors (Lipinski definition) is 8. The molecule has 1 N–H and O–H groups in total. The molecule has 0 atom stereocenters. The lowest BCUT2D eigenvalue weighted by molar-refractivity contribution is -0.384. The number of aromatic nitrogens is 1. The zero-order chi connectivity index (χ0) is 22.9. The number of ether oxygens (including phenoxy) is 1. The summed E-state index contributed by atoms with van der Waals surface area (Å²) in [7, 11) is -3.90. The third-order valence-corrected chi connectivity index (χ3v) is 7.14. The van der Waals surface area contributed by atoms with Gasteiger partial charge in [0, 0.05) is 31.1 Å². The van der Waals surface area contributed by atoms with Gasteiger partial charge >= 0.3 is 0 Å². The molecule has 0 aliphatic carbocycles.